The van der Waals surface area contributed by atoms with Crippen molar-refractivity contribution in [2.45, 2.75) is 13.1 Å². The summed E-state index contributed by atoms with van der Waals surface area (Å²) in [4.78, 5) is 0. The SMILES string of the molecule is C[Si]1(C)c2cc(-c3cccc4ccccc34)ccc2-c2ccc(-n3c4ccc(-c5ccc(-c6ccc(-c7cccc8ccccc78)cc6)cc5)cc4c4cc(-c5ccc(-c6ccc(-c7cccc8ccccc78)cc6)cc5)ccc43)cc21. The first-order valence-electron chi connectivity index (χ1n) is 28.6. The summed E-state index contributed by atoms with van der Waals surface area (Å²) < 4.78 is 2.52. The molecule has 384 valence electrons. The zero-order valence-electron chi connectivity index (χ0n) is 45.7. The van der Waals surface area contributed by atoms with E-state index in [-0.39, 0.29) is 0 Å². The van der Waals surface area contributed by atoms with Gasteiger partial charge in [0.2, 0.25) is 0 Å². The minimum atomic E-state index is -2.13. The van der Waals surface area contributed by atoms with Crippen molar-refractivity contribution < 1.29 is 0 Å². The highest BCUT2D eigenvalue weighted by Crippen LogP contribution is 2.41. The van der Waals surface area contributed by atoms with E-state index in [1.807, 2.05) is 0 Å². The summed E-state index contributed by atoms with van der Waals surface area (Å²) in [6, 6.07) is 111. The smallest absolute Gasteiger partial charge is 0.113 e. The lowest BCUT2D eigenvalue weighted by Crippen LogP contribution is -2.49. The van der Waals surface area contributed by atoms with Crippen LogP contribution in [0.1, 0.15) is 0 Å². The van der Waals surface area contributed by atoms with Crippen LogP contribution in [0.5, 0.6) is 0 Å². The van der Waals surface area contributed by atoms with E-state index in [1.165, 1.54) is 159 Å². The van der Waals surface area contributed by atoms with Gasteiger partial charge in [0.05, 0.1) is 11.0 Å². The highest BCUT2D eigenvalue weighted by atomic mass is 28.3. The van der Waals surface area contributed by atoms with Gasteiger partial charge in [-0.05, 0) is 168 Å². The molecule has 0 spiro atoms. The first-order chi connectivity index (χ1) is 40.4. The second-order valence-corrected chi connectivity index (χ2v) is 27.1. The van der Waals surface area contributed by atoms with Crippen LogP contribution in [-0.2, 0) is 0 Å². The van der Waals surface area contributed by atoms with Gasteiger partial charge >= 0.3 is 0 Å². The quantitative estimate of drug-likeness (QED) is 0.134. The molecular formula is C80H55NSi. The van der Waals surface area contributed by atoms with Gasteiger partial charge in [-0.1, -0.05) is 274 Å². The minimum Gasteiger partial charge on any atom is -0.309 e. The molecule has 0 aliphatic carbocycles. The molecule has 2 heterocycles. The molecule has 0 saturated heterocycles. The Morgan fingerprint density at radius 3 is 0.963 bits per heavy atom. The lowest BCUT2D eigenvalue weighted by atomic mass is 9.95. The van der Waals surface area contributed by atoms with E-state index in [1.54, 1.807) is 0 Å². The molecule has 0 fully saturated rings. The van der Waals surface area contributed by atoms with Crippen molar-refractivity contribution in [3.8, 4) is 94.7 Å². The molecule has 0 bridgehead atoms. The highest BCUT2D eigenvalue weighted by molar-refractivity contribution is 7.04. The molecule has 14 aromatic carbocycles. The number of fused-ring (bicyclic) bond motifs is 9. The molecule has 1 nitrogen and oxygen atoms in total. The molecule has 82 heavy (non-hydrogen) atoms. The van der Waals surface area contributed by atoms with Gasteiger partial charge in [0.25, 0.3) is 0 Å². The average Bonchev–Trinajstić information content (AvgIpc) is 4.12. The average molecular weight is 1060 g/mol. The van der Waals surface area contributed by atoms with Crippen molar-refractivity contribution in [3.05, 3.63) is 297 Å². The Hall–Kier alpha value is -10.1. The fourth-order valence-electron chi connectivity index (χ4n) is 13.5. The van der Waals surface area contributed by atoms with E-state index in [0.29, 0.717) is 0 Å². The topological polar surface area (TPSA) is 4.93 Å². The van der Waals surface area contributed by atoms with Gasteiger partial charge in [-0.2, -0.15) is 0 Å². The summed E-state index contributed by atoms with van der Waals surface area (Å²) in [7, 11) is -2.13. The fraction of sp³-hybridized carbons (Fsp3) is 0.0250. The van der Waals surface area contributed by atoms with Crippen LogP contribution in [0.25, 0.3) is 149 Å². The molecule has 1 aliphatic rings. The number of hydrogen-bond donors (Lipinski definition) is 0. The van der Waals surface area contributed by atoms with Crippen LogP contribution in [-0.4, -0.2) is 12.6 Å². The van der Waals surface area contributed by atoms with E-state index in [4.69, 9.17) is 0 Å². The normalized spacial score (nSPS) is 12.6. The van der Waals surface area contributed by atoms with Crippen LogP contribution in [0, 0.1) is 0 Å². The van der Waals surface area contributed by atoms with Crippen LogP contribution in [0.4, 0.5) is 0 Å². The molecule has 0 unspecified atom stereocenters. The summed E-state index contributed by atoms with van der Waals surface area (Å²) in [5, 5.41) is 13.1. The minimum absolute atomic E-state index is 1.20. The standard InChI is InChI=1S/C80H55NSi/c1-82(2)79-50-65(72-23-11-17-60-14-5-8-20-69(60)72)40-44-73(79)74-45-43-66(51-80(74)82)81-77-46-41-63(56-28-24-52(25-29-56)54-32-36-61(37-33-54)70-21-9-15-58-12-3-6-18-67(58)70)48-75(77)76-49-64(42-47-78(76)81)57-30-26-53(27-31-57)55-34-38-62(39-35-55)71-22-10-16-59-13-4-7-19-68(59)71/h3-51H,1-2H3. The Labute approximate surface area is 479 Å². The maximum atomic E-state index is 2.54. The molecule has 1 aliphatic heterocycles. The fourth-order valence-corrected chi connectivity index (χ4v) is 16.6. The molecule has 0 saturated carbocycles. The van der Waals surface area contributed by atoms with Crippen LogP contribution >= 0.6 is 0 Å². The van der Waals surface area contributed by atoms with Crippen molar-refractivity contribution in [1.29, 1.82) is 0 Å². The Morgan fingerprint density at radius 2 is 0.537 bits per heavy atom. The van der Waals surface area contributed by atoms with Crippen molar-refractivity contribution >= 4 is 72.6 Å². The third-order valence-corrected chi connectivity index (χ3v) is 21.4. The zero-order chi connectivity index (χ0) is 54.5. The predicted octanol–water partition coefficient (Wildman–Crippen LogP) is 20.7. The Balaban J connectivity index is 0.763. The number of hydrogen-bond acceptors (Lipinski definition) is 0. The summed E-state index contributed by atoms with van der Waals surface area (Å²) in [6.07, 6.45) is 0. The number of rotatable bonds is 8. The van der Waals surface area contributed by atoms with Crippen LogP contribution in [0.3, 0.4) is 0 Å². The van der Waals surface area contributed by atoms with Crippen LogP contribution < -0.4 is 10.4 Å². The van der Waals surface area contributed by atoms with E-state index in [2.05, 4.69) is 315 Å². The molecular weight excluding hydrogens is 1000 g/mol. The first kappa shape index (κ1) is 47.8. The molecule has 0 atom stereocenters. The number of nitrogens with zero attached hydrogens (tertiary/aromatic N) is 1. The highest BCUT2D eigenvalue weighted by Gasteiger charge is 2.38. The summed E-state index contributed by atoms with van der Waals surface area (Å²) >= 11 is 0. The largest absolute Gasteiger partial charge is 0.309 e. The van der Waals surface area contributed by atoms with Crippen LogP contribution in [0.15, 0.2) is 297 Å². The van der Waals surface area contributed by atoms with Crippen LogP contribution in [0.2, 0.25) is 13.1 Å². The van der Waals surface area contributed by atoms with Gasteiger partial charge in [0.15, 0.2) is 0 Å². The van der Waals surface area contributed by atoms with Gasteiger partial charge in [-0.15, -0.1) is 0 Å². The lowest BCUT2D eigenvalue weighted by molar-refractivity contribution is 1.18. The van der Waals surface area contributed by atoms with Crippen molar-refractivity contribution in [3.63, 3.8) is 0 Å². The second kappa shape index (κ2) is 19.0. The van der Waals surface area contributed by atoms with E-state index in [0.717, 1.165) is 0 Å². The van der Waals surface area contributed by atoms with Gasteiger partial charge < -0.3 is 4.57 Å². The maximum Gasteiger partial charge on any atom is 0.113 e. The van der Waals surface area contributed by atoms with Gasteiger partial charge in [0.1, 0.15) is 8.07 Å². The third kappa shape index (κ3) is 7.90. The molecule has 0 amide bonds. The van der Waals surface area contributed by atoms with E-state index in [9.17, 15) is 0 Å². The van der Waals surface area contributed by atoms with E-state index >= 15 is 0 Å². The van der Waals surface area contributed by atoms with Gasteiger partial charge in [-0.25, -0.2) is 0 Å². The maximum absolute atomic E-state index is 2.54. The van der Waals surface area contributed by atoms with Crippen molar-refractivity contribution in [1.82, 2.24) is 4.57 Å². The molecule has 1 aromatic heterocycles. The molecule has 2 heteroatoms. The van der Waals surface area contributed by atoms with Gasteiger partial charge in [0, 0.05) is 16.5 Å². The third-order valence-electron chi connectivity index (χ3n) is 17.9. The Morgan fingerprint density at radius 1 is 0.220 bits per heavy atom. The molecule has 15 aromatic rings. The lowest BCUT2D eigenvalue weighted by Gasteiger charge is -2.21. The predicted molar refractivity (Wildman–Crippen MR) is 354 cm³/mol. The summed E-state index contributed by atoms with van der Waals surface area (Å²) in [5.74, 6) is 0. The number of benzene rings is 14. The first-order valence-corrected chi connectivity index (χ1v) is 31.6. The monoisotopic (exact) mass is 1060 g/mol. The number of aromatic nitrogens is 1. The van der Waals surface area contributed by atoms with E-state index < -0.39 is 8.07 Å². The van der Waals surface area contributed by atoms with Crippen molar-refractivity contribution in [2.75, 3.05) is 0 Å². The molecule has 0 N–H and O–H groups in total. The zero-order valence-corrected chi connectivity index (χ0v) is 46.7. The summed E-state index contributed by atoms with van der Waals surface area (Å²) in [6.45, 7) is 5.08. The van der Waals surface area contributed by atoms with Gasteiger partial charge in [-0.3, -0.25) is 0 Å². The Kier molecular flexibility index (Phi) is 11.1. The second-order valence-electron chi connectivity index (χ2n) is 22.8. The molecule has 0 radical (unpaired) electrons. The molecule has 16 rings (SSSR count). The Bertz CT molecular complexity index is 4780. The van der Waals surface area contributed by atoms with Crippen molar-refractivity contribution in [2.24, 2.45) is 0 Å². The summed E-state index contributed by atoms with van der Waals surface area (Å²) in [5.41, 5.74) is 23.5.